The van der Waals surface area contributed by atoms with Crippen molar-refractivity contribution in [2.75, 3.05) is 13.2 Å². The first-order valence-corrected chi connectivity index (χ1v) is 5.18. The highest BCUT2D eigenvalue weighted by atomic mass is 32.1. The number of ether oxygens (including phenoxy) is 2. The van der Waals surface area contributed by atoms with Crippen molar-refractivity contribution in [2.45, 2.75) is 20.1 Å². The zero-order valence-electron chi connectivity index (χ0n) is 7.75. The molecule has 0 aliphatic rings. The van der Waals surface area contributed by atoms with Crippen LogP contribution in [0.5, 0.6) is 0 Å². The lowest BCUT2D eigenvalue weighted by molar-refractivity contribution is -0.141. The Morgan fingerprint density at radius 3 is 2.31 bits per heavy atom. The summed E-state index contributed by atoms with van der Waals surface area (Å²) in [4.78, 5) is 0. The summed E-state index contributed by atoms with van der Waals surface area (Å²) in [6.45, 7) is 4.74. The molecule has 1 aromatic rings. The van der Waals surface area contributed by atoms with Crippen LogP contribution in [-0.2, 0) is 9.47 Å². The predicted octanol–water partition coefficient (Wildman–Crippen LogP) is 2.96. The molecule has 0 amide bonds. The third kappa shape index (κ3) is 2.76. The Kier molecular flexibility index (Phi) is 4.35. The second-order valence-electron chi connectivity index (χ2n) is 2.42. The quantitative estimate of drug-likeness (QED) is 0.686. The fourth-order valence-corrected chi connectivity index (χ4v) is 1.68. The highest BCUT2D eigenvalue weighted by molar-refractivity contribution is 7.08. The Labute approximate surface area is 81.3 Å². The van der Waals surface area contributed by atoms with Crippen molar-refractivity contribution in [3.63, 3.8) is 0 Å². The van der Waals surface area contributed by atoms with Gasteiger partial charge >= 0.3 is 0 Å². The van der Waals surface area contributed by atoms with Gasteiger partial charge in [0.1, 0.15) is 5.82 Å². The molecule has 0 saturated carbocycles. The van der Waals surface area contributed by atoms with Crippen LogP contribution in [0.25, 0.3) is 0 Å². The minimum Gasteiger partial charge on any atom is -0.349 e. The molecule has 0 bridgehead atoms. The average molecular weight is 204 g/mol. The first-order valence-electron chi connectivity index (χ1n) is 4.24. The first kappa shape index (κ1) is 10.6. The van der Waals surface area contributed by atoms with Crippen LogP contribution in [0.15, 0.2) is 10.8 Å². The Balaban J connectivity index is 2.69. The van der Waals surface area contributed by atoms with Gasteiger partial charge in [0.15, 0.2) is 6.29 Å². The zero-order valence-corrected chi connectivity index (χ0v) is 8.57. The molecular formula is C9H13FO2S. The lowest BCUT2D eigenvalue weighted by Crippen LogP contribution is -2.09. The summed E-state index contributed by atoms with van der Waals surface area (Å²) in [6, 6.07) is 0. The second kappa shape index (κ2) is 5.32. The third-order valence-corrected chi connectivity index (χ3v) is 2.27. The molecule has 0 aliphatic carbocycles. The van der Waals surface area contributed by atoms with E-state index in [2.05, 4.69) is 0 Å². The maximum absolute atomic E-state index is 13.1. The second-order valence-corrected chi connectivity index (χ2v) is 3.16. The Bertz CT molecular complexity index is 244. The molecule has 0 unspecified atom stereocenters. The van der Waals surface area contributed by atoms with E-state index in [-0.39, 0.29) is 5.82 Å². The molecule has 0 saturated heterocycles. The van der Waals surface area contributed by atoms with Crippen LogP contribution in [0.4, 0.5) is 4.39 Å². The molecule has 13 heavy (non-hydrogen) atoms. The minimum absolute atomic E-state index is 0.253. The van der Waals surface area contributed by atoms with Crippen molar-refractivity contribution in [3.8, 4) is 0 Å². The summed E-state index contributed by atoms with van der Waals surface area (Å²) < 4.78 is 23.6. The van der Waals surface area contributed by atoms with Gasteiger partial charge in [0.2, 0.25) is 0 Å². The lowest BCUT2D eigenvalue weighted by atomic mass is 10.3. The van der Waals surface area contributed by atoms with E-state index in [9.17, 15) is 4.39 Å². The summed E-state index contributed by atoms with van der Waals surface area (Å²) in [5, 5.41) is 3.16. The minimum atomic E-state index is -0.554. The zero-order chi connectivity index (χ0) is 9.68. The van der Waals surface area contributed by atoms with E-state index < -0.39 is 6.29 Å². The van der Waals surface area contributed by atoms with Crippen LogP contribution in [0, 0.1) is 5.82 Å². The molecule has 0 N–H and O–H groups in total. The van der Waals surface area contributed by atoms with Crippen molar-refractivity contribution in [1.29, 1.82) is 0 Å². The number of rotatable bonds is 5. The highest BCUT2D eigenvalue weighted by Crippen LogP contribution is 2.24. The van der Waals surface area contributed by atoms with E-state index in [1.54, 1.807) is 5.38 Å². The topological polar surface area (TPSA) is 18.5 Å². The summed E-state index contributed by atoms with van der Waals surface area (Å²) in [7, 11) is 0. The maximum atomic E-state index is 13.1. The monoisotopic (exact) mass is 204 g/mol. The summed E-state index contributed by atoms with van der Waals surface area (Å²) in [5.74, 6) is -0.253. The summed E-state index contributed by atoms with van der Waals surface area (Å²) in [5.41, 5.74) is 0.494. The molecule has 1 heterocycles. The van der Waals surface area contributed by atoms with Crippen LogP contribution in [0.2, 0.25) is 0 Å². The van der Waals surface area contributed by atoms with Crippen LogP contribution in [0.1, 0.15) is 25.7 Å². The van der Waals surface area contributed by atoms with E-state index >= 15 is 0 Å². The van der Waals surface area contributed by atoms with Gasteiger partial charge in [-0.3, -0.25) is 0 Å². The molecular weight excluding hydrogens is 191 g/mol. The molecule has 0 aromatic carbocycles. The van der Waals surface area contributed by atoms with Gasteiger partial charge in [-0.25, -0.2) is 4.39 Å². The molecule has 74 valence electrons. The molecule has 1 rings (SSSR count). The van der Waals surface area contributed by atoms with Gasteiger partial charge in [-0.05, 0) is 13.8 Å². The van der Waals surface area contributed by atoms with Gasteiger partial charge in [0.25, 0.3) is 0 Å². The number of thiophene rings is 1. The first-order chi connectivity index (χ1) is 6.29. The van der Waals surface area contributed by atoms with E-state index in [0.717, 1.165) is 0 Å². The maximum Gasteiger partial charge on any atom is 0.187 e. The standard InChI is InChI=1S/C9H13FO2S/c1-3-11-9(12-4-2)7-5-13-6-8(7)10/h5-6,9H,3-4H2,1-2H3. The number of hydrogen-bond acceptors (Lipinski definition) is 3. The van der Waals surface area contributed by atoms with Crippen LogP contribution < -0.4 is 0 Å². The van der Waals surface area contributed by atoms with Gasteiger partial charge in [0.05, 0.1) is 5.56 Å². The smallest absolute Gasteiger partial charge is 0.187 e. The highest BCUT2D eigenvalue weighted by Gasteiger charge is 2.16. The Morgan fingerprint density at radius 1 is 1.31 bits per heavy atom. The molecule has 2 nitrogen and oxygen atoms in total. The van der Waals surface area contributed by atoms with Crippen LogP contribution in [0.3, 0.4) is 0 Å². The van der Waals surface area contributed by atoms with E-state index in [1.165, 1.54) is 16.7 Å². The number of halogens is 1. The summed E-state index contributed by atoms with van der Waals surface area (Å²) >= 11 is 1.31. The third-order valence-electron chi connectivity index (χ3n) is 1.53. The molecule has 1 aromatic heterocycles. The lowest BCUT2D eigenvalue weighted by Gasteiger charge is -2.15. The Morgan fingerprint density at radius 2 is 1.92 bits per heavy atom. The van der Waals surface area contributed by atoms with Crippen molar-refractivity contribution >= 4 is 11.3 Å². The van der Waals surface area contributed by atoms with Gasteiger partial charge < -0.3 is 9.47 Å². The van der Waals surface area contributed by atoms with Crippen molar-refractivity contribution in [2.24, 2.45) is 0 Å². The van der Waals surface area contributed by atoms with E-state index in [0.29, 0.717) is 18.8 Å². The van der Waals surface area contributed by atoms with Crippen LogP contribution >= 0.6 is 11.3 Å². The SMILES string of the molecule is CCOC(OCC)c1cscc1F. The van der Waals surface area contributed by atoms with E-state index in [1.807, 2.05) is 13.8 Å². The number of hydrogen-bond donors (Lipinski definition) is 0. The van der Waals surface area contributed by atoms with Crippen molar-refractivity contribution < 1.29 is 13.9 Å². The molecule has 0 atom stereocenters. The Hall–Kier alpha value is -0.450. The van der Waals surface area contributed by atoms with Gasteiger partial charge in [0, 0.05) is 24.0 Å². The molecule has 0 fully saturated rings. The van der Waals surface area contributed by atoms with Gasteiger partial charge in [-0.1, -0.05) is 0 Å². The van der Waals surface area contributed by atoms with Crippen molar-refractivity contribution in [1.82, 2.24) is 0 Å². The normalized spacial score (nSPS) is 11.1. The molecule has 4 heteroatoms. The fourth-order valence-electron chi connectivity index (χ4n) is 0.990. The molecule has 0 radical (unpaired) electrons. The van der Waals surface area contributed by atoms with Crippen molar-refractivity contribution in [3.05, 3.63) is 22.1 Å². The van der Waals surface area contributed by atoms with Crippen LogP contribution in [-0.4, -0.2) is 13.2 Å². The summed E-state index contributed by atoms with van der Waals surface area (Å²) in [6.07, 6.45) is -0.554. The van der Waals surface area contributed by atoms with Gasteiger partial charge in [-0.15, -0.1) is 11.3 Å². The molecule has 0 aliphatic heterocycles. The predicted molar refractivity (Wildman–Crippen MR) is 50.3 cm³/mol. The average Bonchev–Trinajstić information content (AvgIpc) is 2.51. The fraction of sp³-hybridized carbons (Fsp3) is 0.556. The van der Waals surface area contributed by atoms with E-state index in [4.69, 9.17) is 9.47 Å². The molecule has 0 spiro atoms. The van der Waals surface area contributed by atoms with Gasteiger partial charge in [-0.2, -0.15) is 0 Å². The largest absolute Gasteiger partial charge is 0.349 e.